The normalized spacial score (nSPS) is 12.9. The summed E-state index contributed by atoms with van der Waals surface area (Å²) < 4.78 is 0. The van der Waals surface area contributed by atoms with Crippen LogP contribution in [0.25, 0.3) is 0 Å². The first kappa shape index (κ1) is 12.3. The lowest BCUT2D eigenvalue weighted by molar-refractivity contribution is 0.165. The second-order valence-electron chi connectivity index (χ2n) is 3.66. The van der Waals surface area contributed by atoms with Crippen molar-refractivity contribution in [2.75, 3.05) is 6.54 Å². The second kappa shape index (κ2) is 4.84. The molecule has 84 valence electrons. The molecule has 0 aliphatic carbocycles. The predicted octanol–water partition coefficient (Wildman–Crippen LogP) is 2.04. The van der Waals surface area contributed by atoms with Gasteiger partial charge in [-0.25, -0.2) is 0 Å². The monoisotopic (exact) mass is 229 g/mol. The number of aromatic hydroxyl groups is 1. The van der Waals surface area contributed by atoms with Gasteiger partial charge in [0.2, 0.25) is 0 Å². The Labute approximate surface area is 94.5 Å². The highest BCUT2D eigenvalue weighted by Gasteiger charge is 2.18. The van der Waals surface area contributed by atoms with E-state index >= 15 is 0 Å². The molecule has 4 N–H and O–H groups in total. The summed E-state index contributed by atoms with van der Waals surface area (Å²) >= 11 is 5.98. The van der Waals surface area contributed by atoms with Crippen LogP contribution in [0.15, 0.2) is 6.07 Å². The van der Waals surface area contributed by atoms with E-state index in [-0.39, 0.29) is 5.75 Å². The Morgan fingerprint density at radius 3 is 2.60 bits per heavy atom. The Morgan fingerprint density at radius 2 is 2.07 bits per heavy atom. The van der Waals surface area contributed by atoms with Crippen molar-refractivity contribution in [3.63, 3.8) is 0 Å². The zero-order valence-electron chi connectivity index (χ0n) is 8.92. The summed E-state index contributed by atoms with van der Waals surface area (Å²) in [6, 6.07) is 1.69. The highest BCUT2D eigenvalue weighted by atomic mass is 35.5. The predicted molar refractivity (Wildman–Crippen MR) is 61.2 cm³/mol. The summed E-state index contributed by atoms with van der Waals surface area (Å²) in [5.41, 5.74) is 7.23. The molecule has 15 heavy (non-hydrogen) atoms. The molecule has 0 radical (unpaired) electrons. The van der Waals surface area contributed by atoms with E-state index in [0.717, 1.165) is 0 Å². The van der Waals surface area contributed by atoms with Gasteiger partial charge in [0.15, 0.2) is 0 Å². The number of rotatable bonds is 3. The molecule has 0 aliphatic heterocycles. The van der Waals surface area contributed by atoms with Crippen molar-refractivity contribution in [1.82, 2.24) is 0 Å². The number of aliphatic hydroxyl groups is 1. The van der Waals surface area contributed by atoms with Gasteiger partial charge in [-0.15, -0.1) is 0 Å². The van der Waals surface area contributed by atoms with Gasteiger partial charge in [0, 0.05) is 10.6 Å². The van der Waals surface area contributed by atoms with Gasteiger partial charge in [0.05, 0.1) is 6.10 Å². The van der Waals surface area contributed by atoms with Gasteiger partial charge in [0.1, 0.15) is 5.75 Å². The minimum Gasteiger partial charge on any atom is -0.507 e. The molecule has 0 spiro atoms. The SMILES string of the molecule is Cc1cc(Cl)c(C)c(C(O)CCN)c1O. The summed E-state index contributed by atoms with van der Waals surface area (Å²) in [4.78, 5) is 0. The molecule has 0 amide bonds. The van der Waals surface area contributed by atoms with Gasteiger partial charge in [-0.3, -0.25) is 0 Å². The second-order valence-corrected chi connectivity index (χ2v) is 4.06. The molecular weight excluding hydrogens is 214 g/mol. The molecule has 0 aromatic heterocycles. The molecule has 0 aliphatic rings. The van der Waals surface area contributed by atoms with E-state index < -0.39 is 6.10 Å². The molecule has 0 saturated carbocycles. The maximum absolute atomic E-state index is 9.84. The number of aliphatic hydroxyl groups excluding tert-OH is 1. The topological polar surface area (TPSA) is 66.5 Å². The number of phenolic OH excluding ortho intramolecular Hbond substituents is 1. The van der Waals surface area contributed by atoms with E-state index in [2.05, 4.69) is 0 Å². The van der Waals surface area contributed by atoms with Gasteiger partial charge in [-0.05, 0) is 44.0 Å². The fourth-order valence-corrected chi connectivity index (χ4v) is 1.86. The molecule has 1 unspecified atom stereocenters. The van der Waals surface area contributed by atoms with Crippen molar-refractivity contribution < 1.29 is 10.2 Å². The largest absolute Gasteiger partial charge is 0.507 e. The van der Waals surface area contributed by atoms with E-state index in [4.69, 9.17) is 17.3 Å². The quantitative estimate of drug-likeness (QED) is 0.743. The van der Waals surface area contributed by atoms with Gasteiger partial charge in [-0.1, -0.05) is 11.6 Å². The van der Waals surface area contributed by atoms with E-state index in [1.165, 1.54) is 0 Å². The first-order valence-electron chi connectivity index (χ1n) is 4.85. The first-order chi connectivity index (χ1) is 6.99. The minimum absolute atomic E-state index is 0.109. The summed E-state index contributed by atoms with van der Waals surface area (Å²) in [6.45, 7) is 3.89. The van der Waals surface area contributed by atoms with E-state index in [0.29, 0.717) is 34.7 Å². The molecule has 1 rings (SSSR count). The Bertz CT molecular complexity index is 340. The van der Waals surface area contributed by atoms with Crippen molar-refractivity contribution in [3.8, 4) is 5.75 Å². The Balaban J connectivity index is 3.26. The number of nitrogens with two attached hydrogens (primary N) is 1. The van der Waals surface area contributed by atoms with Crippen molar-refractivity contribution in [1.29, 1.82) is 0 Å². The van der Waals surface area contributed by atoms with Crippen LogP contribution in [0.5, 0.6) is 5.75 Å². The molecule has 0 bridgehead atoms. The molecule has 1 aromatic rings. The third-order valence-corrected chi connectivity index (χ3v) is 2.90. The van der Waals surface area contributed by atoms with Crippen LogP contribution < -0.4 is 5.73 Å². The molecular formula is C11H16ClNO2. The van der Waals surface area contributed by atoms with Crippen LogP contribution in [0.1, 0.15) is 29.2 Å². The maximum atomic E-state index is 9.84. The number of hydrogen-bond acceptors (Lipinski definition) is 3. The van der Waals surface area contributed by atoms with E-state index in [1.807, 2.05) is 0 Å². The van der Waals surface area contributed by atoms with Gasteiger partial charge < -0.3 is 15.9 Å². The number of halogens is 1. The minimum atomic E-state index is -0.757. The first-order valence-corrected chi connectivity index (χ1v) is 5.23. The summed E-state index contributed by atoms with van der Waals surface area (Å²) in [5.74, 6) is 0.109. The molecule has 0 fully saturated rings. The van der Waals surface area contributed by atoms with Crippen LogP contribution in [0.3, 0.4) is 0 Å². The average Bonchev–Trinajstić information content (AvgIpc) is 2.16. The summed E-state index contributed by atoms with van der Waals surface area (Å²) in [7, 11) is 0. The van der Waals surface area contributed by atoms with Gasteiger partial charge in [0.25, 0.3) is 0 Å². The standard InChI is InChI=1S/C11H16ClNO2/c1-6-5-8(12)7(2)10(11(6)15)9(14)3-4-13/h5,9,14-15H,3-4,13H2,1-2H3. The summed E-state index contributed by atoms with van der Waals surface area (Å²) in [6.07, 6.45) is -0.346. The number of hydrogen-bond donors (Lipinski definition) is 3. The number of benzene rings is 1. The van der Waals surface area contributed by atoms with Crippen LogP contribution in [-0.2, 0) is 0 Å². The van der Waals surface area contributed by atoms with Crippen LogP contribution in [0.4, 0.5) is 0 Å². The lowest BCUT2D eigenvalue weighted by Gasteiger charge is -2.17. The Hall–Kier alpha value is -0.770. The van der Waals surface area contributed by atoms with Crippen molar-refractivity contribution in [3.05, 3.63) is 27.8 Å². The fourth-order valence-electron chi connectivity index (χ4n) is 1.60. The Morgan fingerprint density at radius 1 is 1.47 bits per heavy atom. The fraction of sp³-hybridized carbons (Fsp3) is 0.455. The number of phenols is 1. The third kappa shape index (κ3) is 2.43. The molecule has 0 heterocycles. The lowest BCUT2D eigenvalue weighted by Crippen LogP contribution is -2.08. The summed E-state index contributed by atoms with van der Waals surface area (Å²) in [5, 5.41) is 20.2. The maximum Gasteiger partial charge on any atom is 0.124 e. The smallest absolute Gasteiger partial charge is 0.124 e. The van der Waals surface area contributed by atoms with Crippen molar-refractivity contribution >= 4 is 11.6 Å². The molecule has 1 atom stereocenters. The van der Waals surface area contributed by atoms with E-state index in [1.54, 1.807) is 19.9 Å². The lowest BCUT2D eigenvalue weighted by atomic mass is 9.97. The van der Waals surface area contributed by atoms with E-state index in [9.17, 15) is 10.2 Å². The van der Waals surface area contributed by atoms with Gasteiger partial charge >= 0.3 is 0 Å². The average molecular weight is 230 g/mol. The third-order valence-electron chi connectivity index (χ3n) is 2.51. The molecule has 1 aromatic carbocycles. The highest BCUT2D eigenvalue weighted by molar-refractivity contribution is 6.31. The molecule has 3 nitrogen and oxygen atoms in total. The zero-order chi connectivity index (χ0) is 11.6. The van der Waals surface area contributed by atoms with Crippen LogP contribution in [0, 0.1) is 13.8 Å². The van der Waals surface area contributed by atoms with Crippen LogP contribution in [-0.4, -0.2) is 16.8 Å². The molecule has 0 saturated heterocycles. The van der Waals surface area contributed by atoms with Crippen molar-refractivity contribution in [2.24, 2.45) is 5.73 Å². The Kier molecular flexibility index (Phi) is 3.97. The van der Waals surface area contributed by atoms with Crippen molar-refractivity contribution in [2.45, 2.75) is 26.4 Å². The van der Waals surface area contributed by atoms with Crippen LogP contribution in [0.2, 0.25) is 5.02 Å². The molecule has 4 heteroatoms. The highest BCUT2D eigenvalue weighted by Crippen LogP contribution is 2.36. The van der Waals surface area contributed by atoms with Gasteiger partial charge in [-0.2, -0.15) is 0 Å². The number of aryl methyl sites for hydroxylation is 1. The van der Waals surface area contributed by atoms with Crippen LogP contribution >= 0.6 is 11.6 Å². The zero-order valence-corrected chi connectivity index (χ0v) is 9.67.